The molecule has 0 aliphatic carbocycles. The van der Waals surface area contributed by atoms with E-state index in [4.69, 9.17) is 0 Å². The lowest BCUT2D eigenvalue weighted by molar-refractivity contribution is 0.596. The largest absolute Gasteiger partial charge is 0.340 e. The number of aryl methyl sites for hydroxylation is 2. The molecule has 1 heterocycles. The van der Waals surface area contributed by atoms with Gasteiger partial charge in [-0.15, -0.1) is 0 Å². The molecule has 3 aromatic rings. The number of fused-ring (bicyclic) bond motifs is 1. The van der Waals surface area contributed by atoms with Crippen LogP contribution in [0.1, 0.15) is 38.2 Å². The van der Waals surface area contributed by atoms with Crippen molar-refractivity contribution in [1.82, 2.24) is 4.57 Å². The van der Waals surface area contributed by atoms with Crippen LogP contribution >= 0.6 is 0 Å². The van der Waals surface area contributed by atoms with Crippen LogP contribution in [0.2, 0.25) is 0 Å². The highest BCUT2D eigenvalue weighted by molar-refractivity contribution is 5.87. The van der Waals surface area contributed by atoms with Crippen LogP contribution in [0.25, 0.3) is 22.2 Å². The second-order valence-electron chi connectivity index (χ2n) is 6.17. The van der Waals surface area contributed by atoms with E-state index in [2.05, 4.69) is 73.0 Å². The second-order valence-corrected chi connectivity index (χ2v) is 6.17. The van der Waals surface area contributed by atoms with Crippen molar-refractivity contribution >= 4 is 10.9 Å². The number of hydrogen-bond acceptors (Lipinski definition) is 0. The van der Waals surface area contributed by atoms with Gasteiger partial charge in [0.25, 0.3) is 0 Å². The molecular formula is C21H25N. The lowest BCUT2D eigenvalue weighted by atomic mass is 10.1. The van der Waals surface area contributed by atoms with Crippen molar-refractivity contribution in [2.45, 2.75) is 46.1 Å². The number of aromatic nitrogens is 1. The molecule has 0 N–H and O–H groups in total. The molecule has 0 fully saturated rings. The summed E-state index contributed by atoms with van der Waals surface area (Å²) < 4.78 is 2.50. The molecule has 0 spiro atoms. The Balaban J connectivity index is 1.98. The van der Waals surface area contributed by atoms with Crippen LogP contribution in [0.15, 0.2) is 54.6 Å². The zero-order valence-corrected chi connectivity index (χ0v) is 13.7. The van der Waals surface area contributed by atoms with Crippen LogP contribution in [0.5, 0.6) is 0 Å². The van der Waals surface area contributed by atoms with E-state index in [1.54, 1.807) is 0 Å². The fourth-order valence-corrected chi connectivity index (χ4v) is 3.11. The van der Waals surface area contributed by atoms with Crippen molar-refractivity contribution in [3.8, 4) is 11.3 Å². The molecule has 114 valence electrons. The molecule has 1 nitrogen and oxygen atoms in total. The van der Waals surface area contributed by atoms with Gasteiger partial charge in [0, 0.05) is 23.1 Å². The van der Waals surface area contributed by atoms with Crippen molar-refractivity contribution in [2.24, 2.45) is 0 Å². The minimum Gasteiger partial charge on any atom is -0.340 e. The molecule has 1 aromatic heterocycles. The van der Waals surface area contributed by atoms with Crippen LogP contribution in [0, 0.1) is 6.92 Å². The lowest BCUT2D eigenvalue weighted by Gasteiger charge is -2.11. The summed E-state index contributed by atoms with van der Waals surface area (Å²) in [5.74, 6) is 0. The Labute approximate surface area is 133 Å². The minimum absolute atomic E-state index is 1.11. The molecule has 22 heavy (non-hydrogen) atoms. The summed E-state index contributed by atoms with van der Waals surface area (Å²) in [6.07, 6.45) is 5.19. The van der Waals surface area contributed by atoms with Gasteiger partial charge in [0.05, 0.1) is 0 Å². The van der Waals surface area contributed by atoms with Gasteiger partial charge in [0.15, 0.2) is 0 Å². The fourth-order valence-electron chi connectivity index (χ4n) is 3.11. The van der Waals surface area contributed by atoms with E-state index in [0.29, 0.717) is 0 Å². The van der Waals surface area contributed by atoms with Gasteiger partial charge in [-0.25, -0.2) is 0 Å². The number of unbranched alkanes of at least 4 members (excludes halogenated alkanes) is 3. The third-order valence-electron chi connectivity index (χ3n) is 4.39. The van der Waals surface area contributed by atoms with Crippen LogP contribution in [-0.4, -0.2) is 4.57 Å². The summed E-state index contributed by atoms with van der Waals surface area (Å²) in [5.41, 5.74) is 5.33. The average Bonchev–Trinajstić information content (AvgIpc) is 2.91. The normalized spacial score (nSPS) is 11.2. The van der Waals surface area contributed by atoms with Crippen molar-refractivity contribution in [3.05, 3.63) is 60.2 Å². The van der Waals surface area contributed by atoms with E-state index in [0.717, 1.165) is 6.54 Å². The van der Waals surface area contributed by atoms with Gasteiger partial charge in [-0.05, 0) is 31.0 Å². The maximum atomic E-state index is 2.50. The van der Waals surface area contributed by atoms with Gasteiger partial charge in [-0.2, -0.15) is 0 Å². The predicted molar refractivity (Wildman–Crippen MR) is 96.3 cm³/mol. The predicted octanol–water partition coefficient (Wildman–Crippen LogP) is 6.20. The zero-order valence-electron chi connectivity index (χ0n) is 13.7. The van der Waals surface area contributed by atoms with Crippen molar-refractivity contribution < 1.29 is 0 Å². The van der Waals surface area contributed by atoms with E-state index in [1.807, 2.05) is 0 Å². The highest BCUT2D eigenvalue weighted by Crippen LogP contribution is 2.29. The molecule has 0 atom stereocenters. The molecule has 2 aromatic carbocycles. The van der Waals surface area contributed by atoms with Crippen LogP contribution < -0.4 is 0 Å². The Hall–Kier alpha value is -2.02. The molecule has 0 radical (unpaired) electrons. The molecule has 0 unspecified atom stereocenters. The topological polar surface area (TPSA) is 4.93 Å². The van der Waals surface area contributed by atoms with Crippen LogP contribution in [0.4, 0.5) is 0 Å². The summed E-state index contributed by atoms with van der Waals surface area (Å²) in [6.45, 7) is 5.52. The average molecular weight is 291 g/mol. The zero-order chi connectivity index (χ0) is 15.4. The molecule has 0 bridgehead atoms. The molecule has 0 aliphatic rings. The van der Waals surface area contributed by atoms with Gasteiger partial charge >= 0.3 is 0 Å². The molecule has 0 saturated carbocycles. The number of benzene rings is 2. The first-order chi connectivity index (χ1) is 10.8. The SMILES string of the molecule is CCCCCCn1c(-c2ccc(C)cc2)cc2ccccc21. The van der Waals surface area contributed by atoms with Gasteiger partial charge in [0.1, 0.15) is 0 Å². The van der Waals surface area contributed by atoms with E-state index >= 15 is 0 Å². The first-order valence-electron chi connectivity index (χ1n) is 8.45. The summed E-state index contributed by atoms with van der Waals surface area (Å²) in [4.78, 5) is 0. The Morgan fingerprint density at radius 1 is 0.864 bits per heavy atom. The molecule has 0 amide bonds. The summed E-state index contributed by atoms with van der Waals surface area (Å²) in [5, 5.41) is 1.34. The molecule has 0 saturated heterocycles. The van der Waals surface area contributed by atoms with E-state index in [9.17, 15) is 0 Å². The Morgan fingerprint density at radius 2 is 1.64 bits per heavy atom. The van der Waals surface area contributed by atoms with Crippen molar-refractivity contribution in [2.75, 3.05) is 0 Å². The van der Waals surface area contributed by atoms with E-state index in [1.165, 1.54) is 53.4 Å². The van der Waals surface area contributed by atoms with E-state index in [-0.39, 0.29) is 0 Å². The number of nitrogens with zero attached hydrogens (tertiary/aromatic N) is 1. The third-order valence-corrected chi connectivity index (χ3v) is 4.39. The van der Waals surface area contributed by atoms with Crippen molar-refractivity contribution in [3.63, 3.8) is 0 Å². The minimum atomic E-state index is 1.11. The highest BCUT2D eigenvalue weighted by Gasteiger charge is 2.10. The first kappa shape index (κ1) is 14.9. The van der Waals surface area contributed by atoms with Crippen LogP contribution in [-0.2, 0) is 6.54 Å². The lowest BCUT2D eigenvalue weighted by Crippen LogP contribution is -2.00. The second kappa shape index (κ2) is 6.83. The maximum Gasteiger partial charge on any atom is 0.0491 e. The van der Waals surface area contributed by atoms with Gasteiger partial charge in [0.2, 0.25) is 0 Å². The first-order valence-corrected chi connectivity index (χ1v) is 8.45. The quantitative estimate of drug-likeness (QED) is 0.477. The highest BCUT2D eigenvalue weighted by atomic mass is 15.0. The van der Waals surface area contributed by atoms with Gasteiger partial charge in [-0.3, -0.25) is 0 Å². The Kier molecular flexibility index (Phi) is 4.62. The standard InChI is InChI=1S/C21H25N/c1-3-4-5-8-15-22-20-10-7-6-9-19(20)16-21(22)18-13-11-17(2)12-14-18/h6-7,9-14,16H,3-5,8,15H2,1-2H3. The maximum absolute atomic E-state index is 2.50. The van der Waals surface area contributed by atoms with E-state index < -0.39 is 0 Å². The molecule has 3 rings (SSSR count). The summed E-state index contributed by atoms with van der Waals surface area (Å²) in [6, 6.07) is 20.0. The van der Waals surface area contributed by atoms with Gasteiger partial charge in [-0.1, -0.05) is 74.2 Å². The fraction of sp³-hybridized carbons (Fsp3) is 0.333. The smallest absolute Gasteiger partial charge is 0.0491 e. The Bertz CT molecular complexity index is 734. The summed E-state index contributed by atoms with van der Waals surface area (Å²) in [7, 11) is 0. The monoisotopic (exact) mass is 291 g/mol. The molecular weight excluding hydrogens is 266 g/mol. The number of para-hydroxylation sites is 1. The number of hydrogen-bond donors (Lipinski definition) is 0. The van der Waals surface area contributed by atoms with Crippen LogP contribution in [0.3, 0.4) is 0 Å². The molecule has 0 aliphatic heterocycles. The van der Waals surface area contributed by atoms with Gasteiger partial charge < -0.3 is 4.57 Å². The number of rotatable bonds is 6. The van der Waals surface area contributed by atoms with Crippen molar-refractivity contribution in [1.29, 1.82) is 0 Å². The summed E-state index contributed by atoms with van der Waals surface area (Å²) >= 11 is 0. The molecule has 1 heteroatoms. The third kappa shape index (κ3) is 3.09. The Morgan fingerprint density at radius 3 is 2.41 bits per heavy atom.